The quantitative estimate of drug-likeness (QED) is 0.496. The van der Waals surface area contributed by atoms with Crippen molar-refractivity contribution in [1.82, 2.24) is 0 Å². The monoisotopic (exact) mass is 324 g/mol. The molecule has 0 heterocycles. The topological polar surface area (TPSA) is 181 Å². The average Bonchev–Trinajstić information content (AvgIpc) is 2.31. The van der Waals surface area contributed by atoms with E-state index in [-0.39, 0.29) is 0 Å². The molecule has 2 unspecified atom stereocenters. The van der Waals surface area contributed by atoms with Gasteiger partial charge in [-0.25, -0.2) is 0 Å². The summed E-state index contributed by atoms with van der Waals surface area (Å²) in [5, 5.41) is 23.9. The van der Waals surface area contributed by atoms with Crippen molar-refractivity contribution in [3.8, 4) is 12.1 Å². The molecular formula is C8H12N4O6S2. The van der Waals surface area contributed by atoms with Crippen LogP contribution in [-0.2, 0) is 20.2 Å². The Morgan fingerprint density at radius 2 is 1.15 bits per heavy atom. The maximum Gasteiger partial charge on any atom is 0.285 e. The minimum absolute atomic E-state index is 0.755. The standard InChI is InChI=1S/C8H12N4O6S2/c1-7(3-9,19(13,14)15)5-11-12-6-8(2,4-10)20(16,17)18/h5-6H2,1-2H3,(H,13,14,15)(H,16,17,18). The fourth-order valence-corrected chi connectivity index (χ4v) is 1.39. The van der Waals surface area contributed by atoms with Crippen LogP contribution in [0.3, 0.4) is 0 Å². The Hall–Kier alpha value is -1.60. The number of hydrogen-bond donors (Lipinski definition) is 2. The van der Waals surface area contributed by atoms with Crippen LogP contribution < -0.4 is 0 Å². The van der Waals surface area contributed by atoms with Crippen molar-refractivity contribution in [2.24, 2.45) is 10.2 Å². The van der Waals surface area contributed by atoms with Crippen LogP contribution in [0.15, 0.2) is 10.2 Å². The van der Waals surface area contributed by atoms with Crippen LogP contribution in [0.2, 0.25) is 0 Å². The zero-order valence-corrected chi connectivity index (χ0v) is 12.2. The predicted octanol–water partition coefficient (Wildman–Crippen LogP) is -0.221. The summed E-state index contributed by atoms with van der Waals surface area (Å²) in [5.41, 5.74) is 0. The Morgan fingerprint density at radius 3 is 1.30 bits per heavy atom. The van der Waals surface area contributed by atoms with Crippen molar-refractivity contribution in [3.05, 3.63) is 0 Å². The molecule has 2 N–H and O–H groups in total. The van der Waals surface area contributed by atoms with Gasteiger partial charge in [-0.05, 0) is 13.8 Å². The second kappa shape index (κ2) is 5.80. The van der Waals surface area contributed by atoms with Crippen LogP contribution in [-0.4, -0.2) is 48.5 Å². The van der Waals surface area contributed by atoms with E-state index >= 15 is 0 Å². The maximum atomic E-state index is 10.9. The molecule has 0 saturated heterocycles. The molecular weight excluding hydrogens is 312 g/mol. The summed E-state index contributed by atoms with van der Waals surface area (Å²) < 4.78 is 56.9. The van der Waals surface area contributed by atoms with E-state index in [4.69, 9.17) is 19.6 Å². The molecule has 0 aliphatic rings. The highest BCUT2D eigenvalue weighted by molar-refractivity contribution is 7.87. The number of rotatable bonds is 6. The summed E-state index contributed by atoms with van der Waals surface area (Å²) in [6.45, 7) is 0.284. The van der Waals surface area contributed by atoms with Gasteiger partial charge in [-0.3, -0.25) is 9.11 Å². The summed E-state index contributed by atoms with van der Waals surface area (Å²) >= 11 is 0. The third kappa shape index (κ3) is 3.94. The lowest BCUT2D eigenvalue weighted by atomic mass is 10.2. The molecule has 0 aliphatic carbocycles. The van der Waals surface area contributed by atoms with E-state index in [9.17, 15) is 16.8 Å². The molecule has 12 heteroatoms. The summed E-state index contributed by atoms with van der Waals surface area (Å²) in [4.78, 5) is 0. The van der Waals surface area contributed by atoms with Gasteiger partial charge in [0, 0.05) is 0 Å². The summed E-state index contributed by atoms with van der Waals surface area (Å²) in [7, 11) is -9.42. The van der Waals surface area contributed by atoms with Gasteiger partial charge in [0.25, 0.3) is 20.2 Å². The lowest BCUT2D eigenvalue weighted by Crippen LogP contribution is -2.37. The predicted molar refractivity (Wildman–Crippen MR) is 65.7 cm³/mol. The molecule has 0 rings (SSSR count). The Kier molecular flexibility index (Phi) is 5.34. The highest BCUT2D eigenvalue weighted by Gasteiger charge is 2.40. The number of hydrogen-bond acceptors (Lipinski definition) is 8. The molecule has 0 radical (unpaired) electrons. The van der Waals surface area contributed by atoms with E-state index in [1.807, 2.05) is 0 Å². The van der Waals surface area contributed by atoms with Crippen LogP contribution in [0, 0.1) is 22.7 Å². The Labute approximate surface area is 116 Å². The highest BCUT2D eigenvalue weighted by atomic mass is 32.2. The lowest BCUT2D eigenvalue weighted by molar-refractivity contribution is 0.448. The van der Waals surface area contributed by atoms with Crippen molar-refractivity contribution in [1.29, 1.82) is 10.5 Å². The molecule has 112 valence electrons. The van der Waals surface area contributed by atoms with E-state index in [0.717, 1.165) is 13.8 Å². The summed E-state index contributed by atoms with van der Waals surface area (Å²) in [6, 6.07) is 2.67. The number of nitrogens with zero attached hydrogens (tertiary/aromatic N) is 4. The van der Waals surface area contributed by atoms with Crippen LogP contribution in [0.1, 0.15) is 13.8 Å². The second-order valence-electron chi connectivity index (χ2n) is 4.23. The molecule has 10 nitrogen and oxygen atoms in total. The van der Waals surface area contributed by atoms with Gasteiger partial charge in [0.05, 0.1) is 25.2 Å². The first-order chi connectivity index (χ1) is 8.83. The first-order valence-corrected chi connectivity index (χ1v) is 7.81. The zero-order chi connectivity index (χ0) is 16.2. The molecule has 0 bridgehead atoms. The van der Waals surface area contributed by atoms with Crippen LogP contribution in [0.4, 0.5) is 0 Å². The average molecular weight is 324 g/mol. The first-order valence-electron chi connectivity index (χ1n) is 4.93. The third-order valence-corrected chi connectivity index (χ3v) is 5.17. The molecule has 0 aliphatic heterocycles. The van der Waals surface area contributed by atoms with Crippen molar-refractivity contribution in [2.45, 2.75) is 23.3 Å². The van der Waals surface area contributed by atoms with Gasteiger partial charge in [-0.2, -0.15) is 37.6 Å². The summed E-state index contributed by atoms with van der Waals surface area (Å²) in [5.74, 6) is 0. The first kappa shape index (κ1) is 18.4. The zero-order valence-electron chi connectivity index (χ0n) is 10.5. The molecule has 0 aromatic rings. The van der Waals surface area contributed by atoms with Crippen molar-refractivity contribution < 1.29 is 25.9 Å². The summed E-state index contributed by atoms with van der Waals surface area (Å²) in [6.07, 6.45) is 0. The third-order valence-electron chi connectivity index (χ3n) is 2.46. The van der Waals surface area contributed by atoms with Gasteiger partial charge in [-0.1, -0.05) is 0 Å². The van der Waals surface area contributed by atoms with Gasteiger partial charge in [0.15, 0.2) is 0 Å². The second-order valence-corrected chi connectivity index (χ2v) is 7.94. The Morgan fingerprint density at radius 1 is 0.900 bits per heavy atom. The van der Waals surface area contributed by atoms with Crippen molar-refractivity contribution >= 4 is 20.2 Å². The molecule has 0 amide bonds. The van der Waals surface area contributed by atoms with E-state index in [2.05, 4.69) is 10.2 Å². The molecule has 0 aromatic carbocycles. The molecule has 0 aromatic heterocycles. The van der Waals surface area contributed by atoms with Gasteiger partial charge >= 0.3 is 0 Å². The fourth-order valence-electron chi connectivity index (χ4n) is 0.719. The number of azo groups is 1. The van der Waals surface area contributed by atoms with E-state index in [1.165, 1.54) is 12.1 Å². The van der Waals surface area contributed by atoms with Gasteiger partial charge < -0.3 is 0 Å². The SMILES string of the molecule is CC(C#N)(CN=NCC(C)(C#N)S(=O)(=O)O)S(=O)(=O)O. The fraction of sp³-hybridized carbons (Fsp3) is 0.750. The van der Waals surface area contributed by atoms with Crippen LogP contribution in [0.25, 0.3) is 0 Å². The van der Waals surface area contributed by atoms with E-state index < -0.39 is 42.8 Å². The molecule has 20 heavy (non-hydrogen) atoms. The van der Waals surface area contributed by atoms with Crippen molar-refractivity contribution in [2.75, 3.05) is 13.1 Å². The molecule has 0 saturated carbocycles. The Balaban J connectivity index is 5.06. The number of nitriles is 2. The molecule has 0 fully saturated rings. The Bertz CT molecular complexity index is 625. The van der Waals surface area contributed by atoms with Gasteiger partial charge in [0.2, 0.25) is 9.49 Å². The van der Waals surface area contributed by atoms with E-state index in [0.29, 0.717) is 0 Å². The minimum atomic E-state index is -4.71. The van der Waals surface area contributed by atoms with Gasteiger partial charge in [-0.15, -0.1) is 0 Å². The normalized spacial score (nSPS) is 18.7. The smallest absolute Gasteiger partial charge is 0.284 e. The lowest BCUT2D eigenvalue weighted by Gasteiger charge is -2.15. The highest BCUT2D eigenvalue weighted by Crippen LogP contribution is 2.17. The van der Waals surface area contributed by atoms with Gasteiger partial charge in [0.1, 0.15) is 0 Å². The molecule has 0 spiro atoms. The van der Waals surface area contributed by atoms with Crippen LogP contribution in [0.5, 0.6) is 0 Å². The minimum Gasteiger partial charge on any atom is -0.284 e. The maximum absolute atomic E-state index is 10.9. The van der Waals surface area contributed by atoms with E-state index in [1.54, 1.807) is 0 Å². The largest absolute Gasteiger partial charge is 0.285 e. The van der Waals surface area contributed by atoms with Crippen LogP contribution >= 0.6 is 0 Å². The van der Waals surface area contributed by atoms with Crippen molar-refractivity contribution in [3.63, 3.8) is 0 Å². The molecule has 2 atom stereocenters.